The average Bonchev–Trinajstić information content (AvgIpc) is 3.51. The number of aromatic nitrogens is 3. The highest BCUT2D eigenvalue weighted by atomic mass is 35.5. The number of rotatable bonds is 8. The van der Waals surface area contributed by atoms with E-state index < -0.39 is 0 Å². The molecule has 0 bridgehead atoms. The number of aliphatic hydroxyl groups is 1. The smallest absolute Gasteiger partial charge is 0.237 e. The lowest BCUT2D eigenvalue weighted by molar-refractivity contribution is 0.288. The minimum atomic E-state index is 0.0744. The van der Waals surface area contributed by atoms with Crippen LogP contribution in [-0.2, 0) is 12.2 Å². The summed E-state index contributed by atoms with van der Waals surface area (Å²) in [5.41, 5.74) is 8.87. The molecule has 0 aliphatic carbocycles. The number of nitrogens with two attached hydrogens (primary N) is 1. The molecule has 34 heavy (non-hydrogen) atoms. The van der Waals surface area contributed by atoms with Gasteiger partial charge in [0.2, 0.25) is 5.69 Å². The van der Waals surface area contributed by atoms with Crippen molar-refractivity contribution < 1.29 is 5.11 Å². The molecule has 0 spiro atoms. The van der Waals surface area contributed by atoms with Gasteiger partial charge < -0.3 is 10.8 Å². The van der Waals surface area contributed by atoms with E-state index in [-0.39, 0.29) is 18.1 Å². The minimum Gasteiger partial charge on any atom is -0.396 e. The van der Waals surface area contributed by atoms with E-state index in [4.69, 9.17) is 29.0 Å². The first-order valence-electron chi connectivity index (χ1n) is 10.0. The Bertz CT molecular complexity index is 1400. The van der Waals surface area contributed by atoms with Gasteiger partial charge in [0.15, 0.2) is 0 Å². The Morgan fingerprint density at radius 1 is 1.26 bits per heavy atom. The summed E-state index contributed by atoms with van der Waals surface area (Å²) in [6, 6.07) is 9.72. The topological polar surface area (TPSA) is 113 Å². The summed E-state index contributed by atoms with van der Waals surface area (Å²) < 4.78 is 0. The van der Waals surface area contributed by atoms with E-state index in [2.05, 4.69) is 25.9 Å². The van der Waals surface area contributed by atoms with Crippen molar-refractivity contribution in [2.24, 2.45) is 0 Å². The molecule has 170 valence electrons. The van der Waals surface area contributed by atoms with Gasteiger partial charge in [-0.3, -0.25) is 0 Å². The zero-order valence-corrected chi connectivity index (χ0v) is 20.9. The molecule has 1 aromatic carbocycles. The molecule has 0 aliphatic heterocycles. The summed E-state index contributed by atoms with van der Waals surface area (Å²) in [4.78, 5) is 17.7. The van der Waals surface area contributed by atoms with Crippen LogP contribution in [0.5, 0.6) is 0 Å². The van der Waals surface area contributed by atoms with Gasteiger partial charge >= 0.3 is 0 Å². The third-order valence-corrected chi connectivity index (χ3v) is 8.01. The summed E-state index contributed by atoms with van der Waals surface area (Å²) >= 11 is 10.2. The molecule has 4 aromatic rings. The second-order valence-corrected chi connectivity index (χ2v) is 10.4. The van der Waals surface area contributed by atoms with Crippen LogP contribution < -0.4 is 5.73 Å². The number of nitriles is 1. The second kappa shape index (κ2) is 11.0. The zero-order chi connectivity index (χ0) is 24.1. The Morgan fingerprint density at radius 2 is 2.06 bits per heavy atom. The molecule has 0 fully saturated rings. The van der Waals surface area contributed by atoms with Crippen LogP contribution in [0, 0.1) is 17.9 Å². The van der Waals surface area contributed by atoms with Gasteiger partial charge in [-0.15, -0.1) is 22.7 Å². The van der Waals surface area contributed by atoms with Crippen LogP contribution in [0.4, 0.5) is 11.5 Å². The van der Waals surface area contributed by atoms with Gasteiger partial charge in [0.05, 0.1) is 22.8 Å². The van der Waals surface area contributed by atoms with Crippen LogP contribution in [-0.4, -0.2) is 26.7 Å². The number of halogens is 1. The summed E-state index contributed by atoms with van der Waals surface area (Å²) in [5, 5.41) is 23.8. The largest absolute Gasteiger partial charge is 0.396 e. The van der Waals surface area contributed by atoms with Crippen molar-refractivity contribution in [1.82, 2.24) is 15.0 Å². The van der Waals surface area contributed by atoms with E-state index >= 15 is 0 Å². The van der Waals surface area contributed by atoms with Gasteiger partial charge in [0, 0.05) is 51.4 Å². The molecule has 0 aliphatic rings. The van der Waals surface area contributed by atoms with Crippen molar-refractivity contribution >= 4 is 57.5 Å². The van der Waals surface area contributed by atoms with E-state index in [0.29, 0.717) is 44.6 Å². The maximum absolute atomic E-state index is 9.97. The van der Waals surface area contributed by atoms with Crippen molar-refractivity contribution in [2.75, 3.05) is 12.3 Å². The summed E-state index contributed by atoms with van der Waals surface area (Å²) in [5.74, 6) is 0.573. The SMILES string of the molecule is [C-]#[N+]c1c(N)nc(SCc2csc(-c3ccc(Cl)cc3)n2)c(C#N)c1-c1cnc(CCCO)s1. The van der Waals surface area contributed by atoms with Crippen LogP contribution in [0.25, 0.3) is 25.9 Å². The number of nitrogen functional groups attached to an aromatic ring is 1. The summed E-state index contributed by atoms with van der Waals surface area (Å²) in [6.07, 6.45) is 2.87. The molecule has 0 unspecified atom stereocenters. The fourth-order valence-corrected chi connectivity index (χ4v) is 6.10. The molecule has 0 saturated carbocycles. The fourth-order valence-electron chi connectivity index (χ4n) is 3.15. The second-order valence-electron chi connectivity index (χ2n) is 7.01. The fraction of sp³-hybridized carbons (Fsp3) is 0.174. The van der Waals surface area contributed by atoms with Crippen molar-refractivity contribution in [1.29, 1.82) is 5.26 Å². The standard InChI is InChI=1S/C23H17ClN6OS3/c1-27-20-19(17-10-28-18(34-17)3-2-8-31)16(9-25)23(30-21(20)26)33-12-15-11-32-22(29-15)13-4-6-14(24)7-5-13/h4-7,10-11,31H,2-3,8,12H2,(H2,26,30). The molecule has 0 saturated heterocycles. The molecule has 3 aromatic heterocycles. The van der Waals surface area contributed by atoms with Crippen LogP contribution in [0.2, 0.25) is 5.02 Å². The predicted octanol–water partition coefficient (Wildman–Crippen LogP) is 6.20. The van der Waals surface area contributed by atoms with Gasteiger partial charge in [-0.25, -0.2) is 19.8 Å². The molecular weight excluding hydrogens is 508 g/mol. The van der Waals surface area contributed by atoms with Gasteiger partial charge in [-0.05, 0) is 18.6 Å². The summed E-state index contributed by atoms with van der Waals surface area (Å²) in [6.45, 7) is 7.67. The molecule has 3 N–H and O–H groups in total. The number of hydrogen-bond donors (Lipinski definition) is 2. The monoisotopic (exact) mass is 524 g/mol. The predicted molar refractivity (Wildman–Crippen MR) is 138 cm³/mol. The van der Waals surface area contributed by atoms with E-state index in [0.717, 1.165) is 21.3 Å². The Balaban J connectivity index is 1.63. The maximum Gasteiger partial charge on any atom is 0.237 e. The average molecular weight is 525 g/mol. The van der Waals surface area contributed by atoms with E-state index in [9.17, 15) is 5.26 Å². The molecule has 3 heterocycles. The van der Waals surface area contributed by atoms with Crippen molar-refractivity contribution in [3.63, 3.8) is 0 Å². The van der Waals surface area contributed by atoms with Gasteiger partial charge in [-0.1, -0.05) is 35.5 Å². The molecule has 0 radical (unpaired) electrons. The first-order valence-corrected chi connectivity index (χ1v) is 13.1. The molecule has 11 heteroatoms. The zero-order valence-electron chi connectivity index (χ0n) is 17.7. The van der Waals surface area contributed by atoms with Gasteiger partial charge in [0.25, 0.3) is 0 Å². The van der Waals surface area contributed by atoms with Crippen LogP contribution >= 0.6 is 46.0 Å². The quantitative estimate of drug-likeness (QED) is 0.208. The number of benzene rings is 1. The molecule has 4 rings (SSSR count). The Labute approximate surface area is 213 Å². The van der Waals surface area contributed by atoms with Crippen molar-refractivity contribution in [3.8, 4) is 27.1 Å². The van der Waals surface area contributed by atoms with Crippen LogP contribution in [0.1, 0.15) is 22.7 Å². The third-order valence-electron chi connectivity index (χ3n) is 4.74. The maximum atomic E-state index is 9.97. The number of nitrogens with zero attached hydrogens (tertiary/aromatic N) is 5. The van der Waals surface area contributed by atoms with Gasteiger partial charge in [0.1, 0.15) is 21.9 Å². The van der Waals surface area contributed by atoms with Crippen LogP contribution in [0.3, 0.4) is 0 Å². The normalized spacial score (nSPS) is 10.7. The molecule has 7 nitrogen and oxygen atoms in total. The lowest BCUT2D eigenvalue weighted by atomic mass is 10.1. The van der Waals surface area contributed by atoms with E-state index in [1.54, 1.807) is 6.20 Å². The van der Waals surface area contributed by atoms with E-state index in [1.165, 1.54) is 34.4 Å². The molecular formula is C23H17ClN6OS3. The van der Waals surface area contributed by atoms with Crippen molar-refractivity contribution in [2.45, 2.75) is 23.6 Å². The third kappa shape index (κ3) is 5.22. The van der Waals surface area contributed by atoms with E-state index in [1.807, 2.05) is 29.6 Å². The first-order chi connectivity index (χ1) is 16.5. The van der Waals surface area contributed by atoms with Crippen molar-refractivity contribution in [3.05, 3.63) is 68.5 Å². The Hall–Kier alpha value is -2.99. The minimum absolute atomic E-state index is 0.0744. The Morgan fingerprint density at radius 3 is 2.76 bits per heavy atom. The number of thiazole rings is 2. The van der Waals surface area contributed by atoms with Crippen LogP contribution in [0.15, 0.2) is 40.9 Å². The molecule has 0 atom stereocenters. The first kappa shape index (κ1) is 24.1. The number of thioether (sulfide) groups is 1. The highest BCUT2D eigenvalue weighted by Gasteiger charge is 2.22. The number of anilines is 1. The lowest BCUT2D eigenvalue weighted by Gasteiger charge is -2.11. The number of aliphatic hydroxyl groups excluding tert-OH is 1. The number of hydrogen-bond acceptors (Lipinski definition) is 9. The lowest BCUT2D eigenvalue weighted by Crippen LogP contribution is -1.99. The number of pyridine rings is 1. The molecule has 0 amide bonds. The highest BCUT2D eigenvalue weighted by molar-refractivity contribution is 7.98. The summed E-state index contributed by atoms with van der Waals surface area (Å²) in [7, 11) is 0. The highest BCUT2D eigenvalue weighted by Crippen LogP contribution is 2.43. The Kier molecular flexibility index (Phi) is 7.78. The number of aryl methyl sites for hydroxylation is 1. The van der Waals surface area contributed by atoms with Gasteiger partial charge in [-0.2, -0.15) is 5.26 Å².